The highest BCUT2D eigenvalue weighted by atomic mass is 35.5. The van der Waals surface area contributed by atoms with Crippen LogP contribution in [0.2, 0.25) is 5.02 Å². The first kappa shape index (κ1) is 17.2. The lowest BCUT2D eigenvalue weighted by Gasteiger charge is -2.18. The van der Waals surface area contributed by atoms with E-state index in [0.29, 0.717) is 5.01 Å². The molecular formula is C14H11ClF3N5O2. The number of carbonyl (C=O) groups is 1. The van der Waals surface area contributed by atoms with E-state index >= 15 is 0 Å². The van der Waals surface area contributed by atoms with Crippen LogP contribution in [0.3, 0.4) is 0 Å². The third-order valence-electron chi connectivity index (χ3n) is 3.34. The number of nitrogens with zero attached hydrogens (tertiary/aromatic N) is 4. The fourth-order valence-electron chi connectivity index (χ4n) is 2.21. The van der Waals surface area contributed by atoms with E-state index in [-0.39, 0.29) is 27.4 Å². The van der Waals surface area contributed by atoms with Crippen LogP contribution in [0.25, 0.3) is 0 Å². The highest BCUT2D eigenvalue weighted by Crippen LogP contribution is 2.35. The fourth-order valence-corrected chi connectivity index (χ4v) is 2.40. The zero-order chi connectivity index (χ0) is 18.1. The highest BCUT2D eigenvalue weighted by Gasteiger charge is 2.41. The van der Waals surface area contributed by atoms with Crippen LogP contribution in [-0.4, -0.2) is 33.6 Å². The van der Waals surface area contributed by atoms with Crippen LogP contribution in [0, 0.1) is 5.82 Å². The maximum atomic E-state index is 14.2. The van der Waals surface area contributed by atoms with Gasteiger partial charge in [-0.1, -0.05) is 11.6 Å². The monoisotopic (exact) mass is 373 g/mol. The van der Waals surface area contributed by atoms with Gasteiger partial charge in [0.1, 0.15) is 17.7 Å². The number of ether oxygens (including phenoxy) is 1. The van der Waals surface area contributed by atoms with Crippen molar-refractivity contribution in [2.75, 3.05) is 5.01 Å². The summed E-state index contributed by atoms with van der Waals surface area (Å²) in [6.07, 6.45) is 1.83. The summed E-state index contributed by atoms with van der Waals surface area (Å²) >= 11 is 5.93. The van der Waals surface area contributed by atoms with E-state index in [2.05, 4.69) is 15.4 Å². The Morgan fingerprint density at radius 1 is 1.32 bits per heavy atom. The molecule has 0 aliphatic carbocycles. The second-order valence-corrected chi connectivity index (χ2v) is 5.38. The molecule has 1 aromatic carbocycles. The highest BCUT2D eigenvalue weighted by molar-refractivity contribution is 6.32. The SMILES string of the molecule is CC1NN(c2cc(Oc3ncccn3)c(Cl)cc2F)C(=O)N1C(F)F. The Labute approximate surface area is 144 Å². The summed E-state index contributed by atoms with van der Waals surface area (Å²) < 4.78 is 45.5. The minimum Gasteiger partial charge on any atom is -0.423 e. The van der Waals surface area contributed by atoms with Crippen LogP contribution in [0.4, 0.5) is 23.7 Å². The Morgan fingerprint density at radius 2 is 2.00 bits per heavy atom. The number of urea groups is 1. The van der Waals surface area contributed by atoms with Crippen LogP contribution >= 0.6 is 11.6 Å². The third-order valence-corrected chi connectivity index (χ3v) is 3.64. The molecule has 1 aliphatic heterocycles. The zero-order valence-electron chi connectivity index (χ0n) is 12.7. The molecule has 0 saturated carbocycles. The molecule has 0 bridgehead atoms. The summed E-state index contributed by atoms with van der Waals surface area (Å²) in [5.41, 5.74) is 2.14. The number of hydrogen-bond donors (Lipinski definition) is 1. The molecule has 11 heteroatoms. The van der Waals surface area contributed by atoms with Gasteiger partial charge in [0.2, 0.25) is 0 Å². The number of alkyl halides is 2. The molecule has 132 valence electrons. The van der Waals surface area contributed by atoms with Crippen molar-refractivity contribution in [3.63, 3.8) is 0 Å². The molecule has 1 aliphatic rings. The van der Waals surface area contributed by atoms with Crippen LogP contribution in [0.15, 0.2) is 30.6 Å². The van der Waals surface area contributed by atoms with Gasteiger partial charge in [0.25, 0.3) is 0 Å². The lowest BCUT2D eigenvalue weighted by Crippen LogP contribution is -2.38. The van der Waals surface area contributed by atoms with Crippen molar-refractivity contribution in [2.45, 2.75) is 19.6 Å². The maximum absolute atomic E-state index is 14.2. The van der Waals surface area contributed by atoms with Crippen molar-refractivity contribution in [3.8, 4) is 11.8 Å². The first-order valence-electron chi connectivity index (χ1n) is 6.99. The summed E-state index contributed by atoms with van der Waals surface area (Å²) in [5.74, 6) is -0.933. The molecule has 0 radical (unpaired) electrons. The van der Waals surface area contributed by atoms with Gasteiger partial charge in [-0.05, 0) is 19.1 Å². The summed E-state index contributed by atoms with van der Waals surface area (Å²) in [5, 5.41) is 0.570. The van der Waals surface area contributed by atoms with Gasteiger partial charge in [0.05, 0.1) is 5.02 Å². The Morgan fingerprint density at radius 3 is 2.60 bits per heavy atom. The number of hydrazine groups is 1. The smallest absolute Gasteiger partial charge is 0.344 e. The summed E-state index contributed by atoms with van der Waals surface area (Å²) in [4.78, 5) is 20.1. The molecule has 25 heavy (non-hydrogen) atoms. The lowest BCUT2D eigenvalue weighted by molar-refractivity contribution is -0.00783. The van der Waals surface area contributed by atoms with E-state index in [1.54, 1.807) is 6.07 Å². The van der Waals surface area contributed by atoms with Crippen molar-refractivity contribution >= 4 is 23.3 Å². The lowest BCUT2D eigenvalue weighted by atomic mass is 10.2. The molecular weight excluding hydrogens is 363 g/mol. The minimum absolute atomic E-state index is 0.0398. The molecule has 1 N–H and O–H groups in total. The summed E-state index contributed by atoms with van der Waals surface area (Å²) in [7, 11) is 0. The quantitative estimate of drug-likeness (QED) is 0.832. The van der Waals surface area contributed by atoms with Crippen molar-refractivity contribution in [2.24, 2.45) is 0 Å². The zero-order valence-corrected chi connectivity index (χ0v) is 13.4. The van der Waals surface area contributed by atoms with Gasteiger partial charge < -0.3 is 4.74 Å². The number of anilines is 1. The molecule has 2 aromatic rings. The van der Waals surface area contributed by atoms with Crippen LogP contribution in [-0.2, 0) is 0 Å². The number of amides is 2. The van der Waals surface area contributed by atoms with Gasteiger partial charge in [-0.15, -0.1) is 0 Å². The number of hydrogen-bond acceptors (Lipinski definition) is 5. The Balaban J connectivity index is 1.95. The van der Waals surface area contributed by atoms with Crippen molar-refractivity contribution < 1.29 is 22.7 Å². The number of nitrogens with one attached hydrogen (secondary N) is 1. The Bertz CT molecular complexity index is 796. The third kappa shape index (κ3) is 3.30. The number of benzene rings is 1. The number of rotatable bonds is 4. The van der Waals surface area contributed by atoms with E-state index in [0.717, 1.165) is 12.1 Å². The second kappa shape index (κ2) is 6.73. The molecule has 1 fully saturated rings. The van der Waals surface area contributed by atoms with Gasteiger partial charge in [-0.3, -0.25) is 0 Å². The van der Waals surface area contributed by atoms with Gasteiger partial charge in [0, 0.05) is 18.5 Å². The van der Waals surface area contributed by atoms with E-state index in [1.165, 1.54) is 19.3 Å². The van der Waals surface area contributed by atoms with Crippen molar-refractivity contribution in [3.05, 3.63) is 41.4 Å². The van der Waals surface area contributed by atoms with Crippen LogP contribution < -0.4 is 15.2 Å². The van der Waals surface area contributed by atoms with Crippen molar-refractivity contribution in [1.29, 1.82) is 0 Å². The molecule has 3 rings (SSSR count). The minimum atomic E-state index is -3.04. The van der Waals surface area contributed by atoms with Gasteiger partial charge in [0.15, 0.2) is 5.75 Å². The molecule has 2 heterocycles. The van der Waals surface area contributed by atoms with E-state index in [1.807, 2.05) is 0 Å². The van der Waals surface area contributed by atoms with Gasteiger partial charge in [-0.25, -0.2) is 34.5 Å². The number of halogens is 4. The Kier molecular flexibility index (Phi) is 4.64. The topological polar surface area (TPSA) is 70.6 Å². The molecule has 7 nitrogen and oxygen atoms in total. The fraction of sp³-hybridized carbons (Fsp3) is 0.214. The molecule has 1 aromatic heterocycles. The normalized spacial score (nSPS) is 17.5. The van der Waals surface area contributed by atoms with E-state index < -0.39 is 24.6 Å². The summed E-state index contributed by atoms with van der Waals surface area (Å²) in [6, 6.07) is 2.41. The summed E-state index contributed by atoms with van der Waals surface area (Å²) in [6.45, 7) is -1.70. The van der Waals surface area contributed by atoms with E-state index in [4.69, 9.17) is 16.3 Å². The number of carbonyl (C=O) groups excluding carboxylic acids is 1. The number of aromatic nitrogens is 2. The van der Waals surface area contributed by atoms with Crippen molar-refractivity contribution in [1.82, 2.24) is 20.3 Å². The molecule has 1 atom stereocenters. The maximum Gasteiger partial charge on any atom is 0.344 e. The van der Waals surface area contributed by atoms with Gasteiger partial charge in [-0.2, -0.15) is 8.78 Å². The first-order valence-corrected chi connectivity index (χ1v) is 7.37. The molecule has 0 spiro atoms. The van der Waals surface area contributed by atoms with E-state index in [9.17, 15) is 18.0 Å². The largest absolute Gasteiger partial charge is 0.423 e. The predicted octanol–water partition coefficient (Wildman–Crippen LogP) is 3.38. The Hall–Kier alpha value is -2.59. The molecule has 1 unspecified atom stereocenters. The average molecular weight is 374 g/mol. The average Bonchev–Trinajstić information content (AvgIpc) is 2.85. The standard InChI is InChI=1S/C14H11ClF3N5O2/c1-7-21-23(14(24)22(7)12(17)18)10-6-11(8(15)5-9(10)16)25-13-19-3-2-4-20-13/h2-7,12,21H,1H3. The first-order chi connectivity index (χ1) is 11.9. The van der Waals surface area contributed by atoms with Crippen LogP contribution in [0.1, 0.15) is 6.92 Å². The second-order valence-electron chi connectivity index (χ2n) is 4.98. The molecule has 1 saturated heterocycles. The molecule has 2 amide bonds. The van der Waals surface area contributed by atoms with Crippen LogP contribution in [0.5, 0.6) is 11.8 Å². The van der Waals surface area contributed by atoms with Gasteiger partial charge >= 0.3 is 18.6 Å². The predicted molar refractivity (Wildman–Crippen MR) is 81.8 cm³/mol.